The smallest absolute Gasteiger partial charge is 0.228 e. The molecule has 0 amide bonds. The Morgan fingerprint density at radius 2 is 2.04 bits per heavy atom. The number of hydrogen-bond donors (Lipinski definition) is 2. The molecule has 0 unspecified atom stereocenters. The number of aliphatic imine (C=N–C) groups is 1. The number of aryl methyl sites for hydroxylation is 3. The molecule has 0 radical (unpaired) electrons. The molecule has 2 N–H and O–H groups in total. The van der Waals surface area contributed by atoms with Crippen molar-refractivity contribution in [1.82, 2.24) is 30.6 Å². The molecule has 138 valence electrons. The minimum absolute atomic E-state index is 0.280. The zero-order valence-corrected chi connectivity index (χ0v) is 15.8. The quantitative estimate of drug-likeness (QED) is 0.430. The maximum atomic E-state index is 5.23. The number of guanidine groups is 1. The van der Waals surface area contributed by atoms with E-state index in [0.29, 0.717) is 18.9 Å². The molecule has 2 rings (SSSR count). The first-order valence-electron chi connectivity index (χ1n) is 8.77. The van der Waals surface area contributed by atoms with Crippen LogP contribution in [0.15, 0.2) is 15.6 Å². The SMILES string of the molecule is CN=C(NCCCn1nc(C)cc1C)NCCc1nc(C(C)C)no1. The van der Waals surface area contributed by atoms with E-state index in [0.717, 1.165) is 37.0 Å². The predicted octanol–water partition coefficient (Wildman–Crippen LogP) is 1.80. The third-order valence-electron chi connectivity index (χ3n) is 3.80. The van der Waals surface area contributed by atoms with Gasteiger partial charge in [-0.3, -0.25) is 9.67 Å². The molecule has 8 heteroatoms. The summed E-state index contributed by atoms with van der Waals surface area (Å²) in [6, 6.07) is 2.09. The van der Waals surface area contributed by atoms with Gasteiger partial charge in [0, 0.05) is 44.7 Å². The van der Waals surface area contributed by atoms with Crippen molar-refractivity contribution < 1.29 is 4.52 Å². The molecule has 2 heterocycles. The summed E-state index contributed by atoms with van der Waals surface area (Å²) in [7, 11) is 1.76. The highest BCUT2D eigenvalue weighted by molar-refractivity contribution is 5.79. The predicted molar refractivity (Wildman–Crippen MR) is 97.8 cm³/mol. The summed E-state index contributed by atoms with van der Waals surface area (Å²) in [5.74, 6) is 2.46. The lowest BCUT2D eigenvalue weighted by Crippen LogP contribution is -2.39. The summed E-state index contributed by atoms with van der Waals surface area (Å²) in [5, 5.41) is 15.0. The number of rotatable bonds is 8. The van der Waals surface area contributed by atoms with Crippen molar-refractivity contribution >= 4 is 5.96 Å². The van der Waals surface area contributed by atoms with Gasteiger partial charge in [0.05, 0.1) is 5.69 Å². The second-order valence-electron chi connectivity index (χ2n) is 6.38. The van der Waals surface area contributed by atoms with Gasteiger partial charge in [0.15, 0.2) is 11.8 Å². The molecule has 0 saturated carbocycles. The van der Waals surface area contributed by atoms with Crippen LogP contribution in [0.5, 0.6) is 0 Å². The third-order valence-corrected chi connectivity index (χ3v) is 3.80. The van der Waals surface area contributed by atoms with Crippen LogP contribution in [0, 0.1) is 13.8 Å². The summed E-state index contributed by atoms with van der Waals surface area (Å²) in [6.07, 6.45) is 1.65. The van der Waals surface area contributed by atoms with E-state index in [4.69, 9.17) is 4.52 Å². The average molecular weight is 347 g/mol. The average Bonchev–Trinajstić information content (AvgIpc) is 3.16. The minimum atomic E-state index is 0.280. The second-order valence-corrected chi connectivity index (χ2v) is 6.38. The lowest BCUT2D eigenvalue weighted by molar-refractivity contribution is 0.371. The lowest BCUT2D eigenvalue weighted by Gasteiger charge is -2.11. The highest BCUT2D eigenvalue weighted by Gasteiger charge is 2.09. The zero-order chi connectivity index (χ0) is 18.2. The van der Waals surface area contributed by atoms with E-state index in [1.54, 1.807) is 7.05 Å². The molecular weight excluding hydrogens is 318 g/mol. The standard InChI is InChI=1S/C17H29N7O/c1-12(2)16-21-15(25-23-16)7-9-20-17(18-5)19-8-6-10-24-14(4)11-13(3)22-24/h11-12H,6-10H2,1-5H3,(H2,18,19,20). The minimum Gasteiger partial charge on any atom is -0.356 e. The van der Waals surface area contributed by atoms with Crippen LogP contribution in [0.4, 0.5) is 0 Å². The first-order valence-corrected chi connectivity index (χ1v) is 8.77. The van der Waals surface area contributed by atoms with Crippen molar-refractivity contribution in [2.24, 2.45) is 4.99 Å². The van der Waals surface area contributed by atoms with Gasteiger partial charge in [-0.1, -0.05) is 19.0 Å². The summed E-state index contributed by atoms with van der Waals surface area (Å²) in [6.45, 7) is 10.6. The number of nitrogens with zero attached hydrogens (tertiary/aromatic N) is 5. The van der Waals surface area contributed by atoms with Gasteiger partial charge in [-0.15, -0.1) is 0 Å². The lowest BCUT2D eigenvalue weighted by atomic mass is 10.2. The Balaban J connectivity index is 1.65. The molecule has 0 spiro atoms. The highest BCUT2D eigenvalue weighted by atomic mass is 16.5. The molecule has 8 nitrogen and oxygen atoms in total. The molecule has 0 bridgehead atoms. The van der Waals surface area contributed by atoms with Gasteiger partial charge in [0.25, 0.3) is 0 Å². The summed E-state index contributed by atoms with van der Waals surface area (Å²) in [4.78, 5) is 8.59. The molecule has 2 aromatic heterocycles. The maximum absolute atomic E-state index is 5.23. The Morgan fingerprint density at radius 3 is 2.64 bits per heavy atom. The van der Waals surface area contributed by atoms with E-state index in [9.17, 15) is 0 Å². The Hall–Kier alpha value is -2.38. The van der Waals surface area contributed by atoms with Gasteiger partial charge < -0.3 is 15.2 Å². The van der Waals surface area contributed by atoms with E-state index in [-0.39, 0.29) is 5.92 Å². The normalized spacial score (nSPS) is 12.0. The largest absolute Gasteiger partial charge is 0.356 e. The van der Waals surface area contributed by atoms with Crippen LogP contribution in [0.3, 0.4) is 0 Å². The van der Waals surface area contributed by atoms with Crippen LogP contribution in [-0.4, -0.2) is 46.0 Å². The summed E-state index contributed by atoms with van der Waals surface area (Å²) < 4.78 is 7.27. The molecule has 2 aromatic rings. The van der Waals surface area contributed by atoms with Gasteiger partial charge in [0.1, 0.15) is 0 Å². The molecule has 0 aliphatic heterocycles. The van der Waals surface area contributed by atoms with Gasteiger partial charge in [-0.2, -0.15) is 10.1 Å². The van der Waals surface area contributed by atoms with Gasteiger partial charge in [-0.05, 0) is 26.3 Å². The van der Waals surface area contributed by atoms with Crippen LogP contribution < -0.4 is 10.6 Å². The number of aromatic nitrogens is 4. The van der Waals surface area contributed by atoms with E-state index in [1.165, 1.54) is 5.69 Å². The van der Waals surface area contributed by atoms with Gasteiger partial charge in [0.2, 0.25) is 5.89 Å². The van der Waals surface area contributed by atoms with Crippen LogP contribution in [0.25, 0.3) is 0 Å². The molecule has 0 aromatic carbocycles. The van der Waals surface area contributed by atoms with Crippen molar-refractivity contribution in [3.05, 3.63) is 29.2 Å². The molecule has 0 fully saturated rings. The van der Waals surface area contributed by atoms with Gasteiger partial charge in [-0.25, -0.2) is 0 Å². The Bertz CT molecular complexity index is 687. The Morgan fingerprint density at radius 1 is 1.28 bits per heavy atom. The topological polar surface area (TPSA) is 93.2 Å². The van der Waals surface area contributed by atoms with E-state index in [2.05, 4.69) is 43.9 Å². The molecule has 0 aliphatic rings. The number of nitrogens with one attached hydrogen (secondary N) is 2. The monoisotopic (exact) mass is 347 g/mol. The summed E-state index contributed by atoms with van der Waals surface area (Å²) >= 11 is 0. The van der Waals surface area contributed by atoms with Gasteiger partial charge >= 0.3 is 0 Å². The molecule has 25 heavy (non-hydrogen) atoms. The Kier molecular flexibility index (Phi) is 6.97. The van der Waals surface area contributed by atoms with Crippen LogP contribution >= 0.6 is 0 Å². The van der Waals surface area contributed by atoms with Crippen molar-refractivity contribution in [2.45, 2.75) is 53.0 Å². The fourth-order valence-corrected chi connectivity index (χ4v) is 2.45. The molecule has 0 atom stereocenters. The fraction of sp³-hybridized carbons (Fsp3) is 0.647. The van der Waals surface area contributed by atoms with Crippen LogP contribution in [0.2, 0.25) is 0 Å². The van der Waals surface area contributed by atoms with Crippen molar-refractivity contribution in [2.75, 3.05) is 20.1 Å². The van der Waals surface area contributed by atoms with Crippen LogP contribution in [-0.2, 0) is 13.0 Å². The van der Waals surface area contributed by atoms with Crippen molar-refractivity contribution in [3.63, 3.8) is 0 Å². The maximum Gasteiger partial charge on any atom is 0.228 e. The van der Waals surface area contributed by atoms with Crippen LogP contribution in [0.1, 0.15) is 49.3 Å². The highest BCUT2D eigenvalue weighted by Crippen LogP contribution is 2.09. The molecular formula is C17H29N7O. The van der Waals surface area contributed by atoms with E-state index >= 15 is 0 Å². The number of hydrogen-bond acceptors (Lipinski definition) is 5. The Labute approximate surface area is 149 Å². The summed E-state index contributed by atoms with van der Waals surface area (Å²) in [5.41, 5.74) is 2.25. The van der Waals surface area contributed by atoms with E-state index in [1.807, 2.05) is 25.5 Å². The first-order chi connectivity index (χ1) is 12.0. The fourth-order valence-electron chi connectivity index (χ4n) is 2.45. The molecule has 0 aliphatic carbocycles. The first kappa shape index (κ1) is 19.0. The zero-order valence-electron chi connectivity index (χ0n) is 15.8. The van der Waals surface area contributed by atoms with E-state index < -0.39 is 0 Å². The van der Waals surface area contributed by atoms with Crippen molar-refractivity contribution in [3.8, 4) is 0 Å². The van der Waals surface area contributed by atoms with Crippen molar-refractivity contribution in [1.29, 1.82) is 0 Å². The second kappa shape index (κ2) is 9.19. The third kappa shape index (κ3) is 5.88. The molecule has 0 saturated heterocycles.